The van der Waals surface area contributed by atoms with Crippen molar-refractivity contribution in [2.45, 2.75) is 6.18 Å². The number of hydrogen-bond acceptors (Lipinski definition) is 6. The lowest BCUT2D eigenvalue weighted by Gasteiger charge is -2.33. The molecule has 0 amide bonds. The summed E-state index contributed by atoms with van der Waals surface area (Å²) >= 11 is 0. The molecule has 8 rings (SSSR count). The van der Waals surface area contributed by atoms with Crippen LogP contribution in [0.4, 0.5) is 59.5 Å². The first kappa shape index (κ1) is 27.0. The standard InChI is InChI=1S/C35H17F3N8/c1-39-29-30(40-2)44-34-33(43-29)45(25-14-11-20-7-3-5-9-22(20)17-25)31-32(42-28-19-24(35(36,37)38)13-16-27(28)41-31)46(34)26-15-12-21-8-4-6-10-23(21)18-26/h3-19H. The Bertz CT molecular complexity index is 2480. The lowest BCUT2D eigenvalue weighted by molar-refractivity contribution is -0.137. The summed E-state index contributed by atoms with van der Waals surface area (Å²) in [5.74, 6) is 0.442. The van der Waals surface area contributed by atoms with E-state index in [-0.39, 0.29) is 45.9 Å². The highest BCUT2D eigenvalue weighted by atomic mass is 19.4. The number of anilines is 6. The van der Waals surface area contributed by atoms with Crippen molar-refractivity contribution in [3.8, 4) is 0 Å². The number of aromatic nitrogens is 4. The third-order valence-electron chi connectivity index (χ3n) is 7.82. The molecule has 0 N–H and O–H groups in total. The molecule has 3 heterocycles. The van der Waals surface area contributed by atoms with Crippen LogP contribution in [0.25, 0.3) is 42.3 Å². The minimum atomic E-state index is -4.58. The molecular weight excluding hydrogens is 589 g/mol. The third-order valence-corrected chi connectivity index (χ3v) is 7.82. The molecule has 218 valence electrons. The molecule has 0 bridgehead atoms. The molecule has 0 aliphatic carbocycles. The Morgan fingerprint density at radius 3 is 1.43 bits per heavy atom. The van der Waals surface area contributed by atoms with Crippen molar-refractivity contribution in [2.75, 3.05) is 9.80 Å². The minimum Gasteiger partial charge on any atom is -0.370 e. The van der Waals surface area contributed by atoms with Gasteiger partial charge in [0.05, 0.1) is 28.0 Å². The van der Waals surface area contributed by atoms with Crippen LogP contribution in [0, 0.1) is 13.1 Å². The topological polar surface area (TPSA) is 66.8 Å². The SMILES string of the molecule is [C-]#[N+]c1nc2c(nc1[N+]#[C-])N(c1ccc3ccccc3c1)c1nc3cc(C(F)(F)F)ccc3nc1N2c1ccc2ccccc2c1. The number of rotatable bonds is 2. The van der Waals surface area contributed by atoms with Gasteiger partial charge < -0.3 is 9.69 Å². The van der Waals surface area contributed by atoms with Gasteiger partial charge in [-0.1, -0.05) is 73.8 Å². The van der Waals surface area contributed by atoms with Crippen LogP contribution in [0.5, 0.6) is 0 Å². The summed E-state index contributed by atoms with van der Waals surface area (Å²) in [4.78, 5) is 29.2. The molecule has 0 atom stereocenters. The summed E-state index contributed by atoms with van der Waals surface area (Å²) in [7, 11) is 0. The fourth-order valence-corrected chi connectivity index (χ4v) is 5.68. The van der Waals surface area contributed by atoms with E-state index in [1.165, 1.54) is 6.07 Å². The van der Waals surface area contributed by atoms with E-state index in [4.69, 9.17) is 23.1 Å². The second-order valence-corrected chi connectivity index (χ2v) is 10.5. The van der Waals surface area contributed by atoms with Crippen LogP contribution < -0.4 is 9.80 Å². The van der Waals surface area contributed by atoms with Crippen molar-refractivity contribution < 1.29 is 13.2 Å². The van der Waals surface area contributed by atoms with Gasteiger partial charge in [0, 0.05) is 0 Å². The average Bonchev–Trinajstić information content (AvgIpc) is 3.08. The van der Waals surface area contributed by atoms with Gasteiger partial charge in [-0.05, 0) is 64.0 Å². The van der Waals surface area contributed by atoms with Gasteiger partial charge in [-0.2, -0.15) is 13.2 Å². The van der Waals surface area contributed by atoms with E-state index in [1.54, 1.807) is 9.80 Å². The van der Waals surface area contributed by atoms with Crippen molar-refractivity contribution in [3.63, 3.8) is 0 Å². The molecule has 0 radical (unpaired) electrons. The lowest BCUT2D eigenvalue weighted by atomic mass is 10.1. The number of halogens is 3. The monoisotopic (exact) mass is 606 g/mol. The number of benzene rings is 5. The van der Waals surface area contributed by atoms with Gasteiger partial charge >= 0.3 is 17.8 Å². The zero-order chi connectivity index (χ0) is 31.6. The van der Waals surface area contributed by atoms with Crippen LogP contribution >= 0.6 is 0 Å². The van der Waals surface area contributed by atoms with Crippen molar-refractivity contribution in [3.05, 3.63) is 132 Å². The minimum absolute atomic E-state index is 0.0254. The molecule has 5 aromatic carbocycles. The molecule has 2 aromatic heterocycles. The fraction of sp³-hybridized carbons (Fsp3) is 0.0286. The second kappa shape index (κ2) is 9.97. The van der Waals surface area contributed by atoms with Crippen molar-refractivity contribution in [2.24, 2.45) is 0 Å². The van der Waals surface area contributed by atoms with Gasteiger partial charge in [0.15, 0.2) is 11.6 Å². The highest BCUT2D eigenvalue weighted by molar-refractivity contribution is 6.02. The lowest BCUT2D eigenvalue weighted by Crippen LogP contribution is -2.28. The zero-order valence-corrected chi connectivity index (χ0v) is 23.5. The Balaban J connectivity index is 1.48. The molecule has 1 aliphatic rings. The molecule has 1 aliphatic heterocycles. The normalized spacial score (nSPS) is 12.5. The summed E-state index contributed by atoms with van der Waals surface area (Å²) in [6.07, 6.45) is -4.58. The van der Waals surface area contributed by atoms with Gasteiger partial charge in [0.25, 0.3) is 11.6 Å². The van der Waals surface area contributed by atoms with Crippen LogP contribution in [-0.2, 0) is 6.18 Å². The first-order valence-electron chi connectivity index (χ1n) is 14.0. The van der Waals surface area contributed by atoms with Crippen molar-refractivity contribution in [1.29, 1.82) is 0 Å². The summed E-state index contributed by atoms with van der Waals surface area (Å²) in [6, 6.07) is 30.1. The summed E-state index contributed by atoms with van der Waals surface area (Å²) < 4.78 is 41.3. The fourth-order valence-electron chi connectivity index (χ4n) is 5.68. The molecule has 46 heavy (non-hydrogen) atoms. The molecule has 7 aromatic rings. The Kier molecular flexibility index (Phi) is 5.85. The van der Waals surface area contributed by atoms with Crippen LogP contribution in [0.1, 0.15) is 5.56 Å². The van der Waals surface area contributed by atoms with E-state index in [0.29, 0.717) is 11.4 Å². The summed E-state index contributed by atoms with van der Waals surface area (Å²) in [5.41, 5.74) is 0.584. The van der Waals surface area contributed by atoms with E-state index in [1.807, 2.05) is 84.9 Å². The predicted molar refractivity (Wildman–Crippen MR) is 171 cm³/mol. The van der Waals surface area contributed by atoms with Crippen LogP contribution in [0.15, 0.2) is 103 Å². The first-order chi connectivity index (χ1) is 22.3. The Hall–Kier alpha value is -6.59. The molecule has 0 saturated carbocycles. The molecule has 11 heteroatoms. The molecular formula is C35H17F3N8. The van der Waals surface area contributed by atoms with E-state index in [0.717, 1.165) is 33.7 Å². The second-order valence-electron chi connectivity index (χ2n) is 10.5. The Labute approximate surface area is 259 Å². The zero-order valence-electron chi connectivity index (χ0n) is 23.5. The number of alkyl halides is 3. The van der Waals surface area contributed by atoms with Crippen LogP contribution in [-0.4, -0.2) is 19.9 Å². The van der Waals surface area contributed by atoms with Gasteiger partial charge in [-0.3, -0.25) is 9.80 Å². The van der Waals surface area contributed by atoms with Gasteiger partial charge in [0.2, 0.25) is 0 Å². The van der Waals surface area contributed by atoms with Gasteiger partial charge in [0.1, 0.15) is 0 Å². The molecule has 8 nitrogen and oxygen atoms in total. The quantitative estimate of drug-likeness (QED) is 0.183. The number of hydrogen-bond donors (Lipinski definition) is 0. The Morgan fingerprint density at radius 1 is 0.500 bits per heavy atom. The van der Waals surface area contributed by atoms with Crippen molar-refractivity contribution in [1.82, 2.24) is 19.9 Å². The van der Waals surface area contributed by atoms with E-state index < -0.39 is 11.7 Å². The highest BCUT2D eigenvalue weighted by Gasteiger charge is 2.42. The van der Waals surface area contributed by atoms with Gasteiger partial charge in [-0.15, -0.1) is 9.97 Å². The van der Waals surface area contributed by atoms with E-state index >= 15 is 0 Å². The molecule has 0 spiro atoms. The molecule has 0 fully saturated rings. The summed E-state index contributed by atoms with van der Waals surface area (Å²) in [5, 5.41) is 3.77. The largest absolute Gasteiger partial charge is 0.416 e. The maximum atomic E-state index is 13.8. The van der Waals surface area contributed by atoms with E-state index in [9.17, 15) is 13.2 Å². The third kappa shape index (κ3) is 4.22. The maximum Gasteiger partial charge on any atom is 0.416 e. The molecule has 0 unspecified atom stereocenters. The van der Waals surface area contributed by atoms with Crippen molar-refractivity contribution >= 4 is 78.9 Å². The predicted octanol–water partition coefficient (Wildman–Crippen LogP) is 10.1. The number of nitrogens with zero attached hydrogens (tertiary/aromatic N) is 8. The van der Waals surface area contributed by atoms with Crippen LogP contribution in [0.2, 0.25) is 0 Å². The smallest absolute Gasteiger partial charge is 0.370 e. The maximum absolute atomic E-state index is 13.8. The highest BCUT2D eigenvalue weighted by Crippen LogP contribution is 2.53. The summed E-state index contributed by atoms with van der Waals surface area (Å²) in [6.45, 7) is 15.5. The van der Waals surface area contributed by atoms with Crippen LogP contribution in [0.3, 0.4) is 0 Å². The van der Waals surface area contributed by atoms with Gasteiger partial charge in [-0.25, -0.2) is 9.97 Å². The average molecular weight is 607 g/mol. The van der Waals surface area contributed by atoms with E-state index in [2.05, 4.69) is 19.7 Å². The number of fused-ring (bicyclic) bond motifs is 5. The first-order valence-corrected chi connectivity index (χ1v) is 14.0. The Morgan fingerprint density at radius 2 is 0.957 bits per heavy atom. The molecule has 0 saturated heterocycles.